The van der Waals surface area contributed by atoms with Gasteiger partial charge in [-0.05, 0) is 17.5 Å². The van der Waals surface area contributed by atoms with Crippen molar-refractivity contribution in [2.45, 2.75) is 18.5 Å². The highest BCUT2D eigenvalue weighted by molar-refractivity contribution is 7.11. The maximum Gasteiger partial charge on any atom is 0.480 e. The Balaban J connectivity index is 2.02. The van der Waals surface area contributed by atoms with Crippen LogP contribution in [0.2, 0.25) is 0 Å². The van der Waals surface area contributed by atoms with Crippen molar-refractivity contribution in [2.24, 2.45) is 0 Å². The van der Waals surface area contributed by atoms with Crippen molar-refractivity contribution < 1.29 is 34.2 Å². The molecule has 0 bridgehead atoms. The van der Waals surface area contributed by atoms with Gasteiger partial charge in [-0.2, -0.15) is 0 Å². The summed E-state index contributed by atoms with van der Waals surface area (Å²) in [6.07, 6.45) is 0.283. The summed E-state index contributed by atoms with van der Waals surface area (Å²) < 4.78 is 10.5. The van der Waals surface area contributed by atoms with E-state index in [1.807, 2.05) is 0 Å². The summed E-state index contributed by atoms with van der Waals surface area (Å²) in [4.78, 5) is 23.8. The Kier molecular flexibility index (Phi) is 6.94. The van der Waals surface area contributed by atoms with Gasteiger partial charge in [-0.3, -0.25) is 9.59 Å². The first-order valence-electron chi connectivity index (χ1n) is 7.30. The number of aliphatic hydroxyl groups is 1. The molecule has 0 spiro atoms. The lowest BCUT2D eigenvalue weighted by Crippen LogP contribution is -2.50. The van der Waals surface area contributed by atoms with E-state index < -0.39 is 31.0 Å². The van der Waals surface area contributed by atoms with Crippen LogP contribution in [0.4, 0.5) is 0 Å². The van der Waals surface area contributed by atoms with E-state index in [9.17, 15) is 14.6 Å². The predicted octanol–water partition coefficient (Wildman–Crippen LogP) is -0.482. The number of amides is 1. The van der Waals surface area contributed by atoms with Crippen LogP contribution in [0.3, 0.4) is 0 Å². The van der Waals surface area contributed by atoms with Gasteiger partial charge in [-0.1, -0.05) is 6.07 Å². The molecule has 1 fully saturated rings. The van der Waals surface area contributed by atoms with Crippen LogP contribution in [0, 0.1) is 0 Å². The zero-order chi connectivity index (χ0) is 17.5. The Bertz CT molecular complexity index is 592. The number of aliphatic carboxylic acids is 1. The molecule has 0 unspecified atom stereocenters. The number of aliphatic hydroxyl groups excluding tert-OH is 1. The highest BCUT2D eigenvalue weighted by Gasteiger charge is 2.35. The summed E-state index contributed by atoms with van der Waals surface area (Å²) in [6.45, 7) is -0.304. The molecule has 10 heteroatoms. The van der Waals surface area contributed by atoms with Crippen molar-refractivity contribution >= 4 is 35.9 Å². The molecule has 130 valence electrons. The molecular formula is C14H18BNO7S. The predicted molar refractivity (Wildman–Crippen MR) is 87.2 cm³/mol. The fourth-order valence-corrected chi connectivity index (χ4v) is 2.99. The SMILES string of the molecule is O=C(O)C[C@H]1COC[C@H](NC(=O)C(=CCO)c2cccs2)B(O)O1. The van der Waals surface area contributed by atoms with Gasteiger partial charge in [0, 0.05) is 4.88 Å². The van der Waals surface area contributed by atoms with Crippen LogP contribution in [0.5, 0.6) is 0 Å². The molecular weight excluding hydrogens is 337 g/mol. The van der Waals surface area contributed by atoms with Crippen molar-refractivity contribution in [3.8, 4) is 0 Å². The van der Waals surface area contributed by atoms with Crippen molar-refractivity contribution in [1.29, 1.82) is 0 Å². The number of rotatable bonds is 6. The summed E-state index contributed by atoms with van der Waals surface area (Å²) in [5.41, 5.74) is 0.283. The van der Waals surface area contributed by atoms with Gasteiger partial charge in [0.25, 0.3) is 5.91 Å². The maximum absolute atomic E-state index is 12.4. The van der Waals surface area contributed by atoms with E-state index in [1.54, 1.807) is 17.5 Å². The zero-order valence-corrected chi connectivity index (χ0v) is 13.6. The third-order valence-corrected chi connectivity index (χ3v) is 4.23. The first-order chi connectivity index (χ1) is 11.5. The maximum atomic E-state index is 12.4. The molecule has 1 aliphatic rings. The Hall–Kier alpha value is -1.72. The Labute approximate surface area is 142 Å². The minimum absolute atomic E-state index is 0.0139. The number of hydrogen-bond donors (Lipinski definition) is 4. The van der Waals surface area contributed by atoms with Crippen LogP contribution >= 0.6 is 11.3 Å². The third-order valence-electron chi connectivity index (χ3n) is 3.32. The summed E-state index contributed by atoms with van der Waals surface area (Å²) in [6, 6.07) is 3.52. The van der Waals surface area contributed by atoms with Crippen LogP contribution in [0.15, 0.2) is 23.6 Å². The number of thiophene rings is 1. The van der Waals surface area contributed by atoms with E-state index in [2.05, 4.69) is 5.32 Å². The number of hydrogen-bond acceptors (Lipinski definition) is 7. The minimum Gasteiger partial charge on any atom is -0.481 e. The lowest BCUT2D eigenvalue weighted by molar-refractivity contribution is -0.139. The molecule has 2 rings (SSSR count). The standard InChI is InChI=1S/C14H18BNO7S/c17-4-3-10(11-2-1-5-24-11)14(20)16-12-8-22-7-9(6-13(18)19)23-15(12)21/h1-3,5,9,12,17,21H,4,6-8H2,(H,16,20)(H,18,19)/t9-,12-/m0/s1. The Morgan fingerprint density at radius 2 is 2.25 bits per heavy atom. The molecule has 1 saturated heterocycles. The molecule has 1 aromatic heterocycles. The minimum atomic E-state index is -1.39. The first-order valence-corrected chi connectivity index (χ1v) is 8.18. The van der Waals surface area contributed by atoms with E-state index in [0.717, 1.165) is 0 Å². The van der Waals surface area contributed by atoms with Crippen molar-refractivity contribution in [3.63, 3.8) is 0 Å². The second-order valence-electron chi connectivity index (χ2n) is 5.14. The summed E-state index contributed by atoms with van der Waals surface area (Å²) in [5.74, 6) is -2.40. The molecule has 2 heterocycles. The monoisotopic (exact) mass is 355 g/mol. The van der Waals surface area contributed by atoms with Gasteiger partial charge in [0.05, 0.1) is 43.9 Å². The number of ether oxygens (including phenoxy) is 1. The van der Waals surface area contributed by atoms with E-state index in [-0.39, 0.29) is 31.8 Å². The summed E-state index contributed by atoms with van der Waals surface area (Å²) in [5, 5.41) is 32.3. The molecule has 0 aliphatic carbocycles. The Morgan fingerprint density at radius 3 is 2.88 bits per heavy atom. The molecule has 0 radical (unpaired) electrons. The smallest absolute Gasteiger partial charge is 0.480 e. The molecule has 1 amide bonds. The fraction of sp³-hybridized carbons (Fsp3) is 0.429. The van der Waals surface area contributed by atoms with Gasteiger partial charge in [-0.25, -0.2) is 0 Å². The summed E-state index contributed by atoms with van der Waals surface area (Å²) in [7, 11) is -1.39. The van der Waals surface area contributed by atoms with Gasteiger partial charge >= 0.3 is 13.1 Å². The van der Waals surface area contributed by atoms with Gasteiger partial charge in [-0.15, -0.1) is 11.3 Å². The van der Waals surface area contributed by atoms with E-state index in [1.165, 1.54) is 17.4 Å². The number of carboxylic acids is 1. The average Bonchev–Trinajstić information content (AvgIpc) is 2.98. The third kappa shape index (κ3) is 5.15. The van der Waals surface area contributed by atoms with Gasteiger partial charge < -0.3 is 29.9 Å². The fourth-order valence-electron chi connectivity index (χ4n) is 2.23. The largest absolute Gasteiger partial charge is 0.481 e. The van der Waals surface area contributed by atoms with Crippen LogP contribution in [0.1, 0.15) is 11.3 Å². The van der Waals surface area contributed by atoms with Gasteiger partial charge in [0.15, 0.2) is 0 Å². The molecule has 24 heavy (non-hydrogen) atoms. The molecule has 8 nitrogen and oxygen atoms in total. The second kappa shape index (κ2) is 8.95. The van der Waals surface area contributed by atoms with Crippen LogP contribution in [0.25, 0.3) is 5.57 Å². The molecule has 0 saturated carbocycles. The zero-order valence-electron chi connectivity index (χ0n) is 12.8. The second-order valence-corrected chi connectivity index (χ2v) is 6.09. The van der Waals surface area contributed by atoms with E-state index >= 15 is 0 Å². The lowest BCUT2D eigenvalue weighted by atomic mass is 9.79. The quantitative estimate of drug-likeness (QED) is 0.401. The van der Waals surface area contributed by atoms with Gasteiger partial charge in [0.1, 0.15) is 0 Å². The van der Waals surface area contributed by atoms with Crippen molar-refractivity contribution in [2.75, 3.05) is 19.8 Å². The molecule has 1 aliphatic heterocycles. The van der Waals surface area contributed by atoms with Gasteiger partial charge in [0.2, 0.25) is 0 Å². The van der Waals surface area contributed by atoms with E-state index in [4.69, 9.17) is 19.6 Å². The normalized spacial score (nSPS) is 22.1. The van der Waals surface area contributed by atoms with Crippen molar-refractivity contribution in [3.05, 3.63) is 28.5 Å². The number of nitrogens with one attached hydrogen (secondary N) is 1. The van der Waals surface area contributed by atoms with Crippen LogP contribution in [-0.4, -0.2) is 66.1 Å². The summed E-state index contributed by atoms with van der Waals surface area (Å²) >= 11 is 1.34. The highest BCUT2D eigenvalue weighted by atomic mass is 32.1. The number of carbonyl (C=O) groups is 2. The number of carbonyl (C=O) groups excluding carboxylic acids is 1. The van der Waals surface area contributed by atoms with Crippen LogP contribution < -0.4 is 5.32 Å². The molecule has 4 N–H and O–H groups in total. The highest BCUT2D eigenvalue weighted by Crippen LogP contribution is 2.20. The number of carboxylic acid groups (broad SMARTS) is 1. The topological polar surface area (TPSA) is 125 Å². The Morgan fingerprint density at radius 1 is 1.46 bits per heavy atom. The molecule has 2 atom stereocenters. The lowest BCUT2D eigenvalue weighted by Gasteiger charge is -2.19. The van der Waals surface area contributed by atoms with Crippen LogP contribution in [-0.2, 0) is 19.0 Å². The van der Waals surface area contributed by atoms with Crippen molar-refractivity contribution in [1.82, 2.24) is 5.32 Å². The first kappa shape index (κ1) is 18.6. The average molecular weight is 355 g/mol. The molecule has 1 aromatic rings. The molecule has 0 aromatic carbocycles. The van der Waals surface area contributed by atoms with E-state index in [0.29, 0.717) is 4.88 Å².